The van der Waals surface area contributed by atoms with Gasteiger partial charge in [0.2, 0.25) is 0 Å². The van der Waals surface area contributed by atoms with Gasteiger partial charge in [0.1, 0.15) is 11.4 Å². The monoisotopic (exact) mass is 351 g/mol. The van der Waals surface area contributed by atoms with E-state index in [1.54, 1.807) is 5.38 Å². The Morgan fingerprint density at radius 3 is 2.50 bits per heavy atom. The first-order valence-corrected chi connectivity index (χ1v) is 8.89. The lowest BCUT2D eigenvalue weighted by Crippen LogP contribution is -2.41. The highest BCUT2D eigenvalue weighted by Gasteiger charge is 2.19. The molecule has 0 spiro atoms. The summed E-state index contributed by atoms with van der Waals surface area (Å²) in [6, 6.07) is 0. The topological polar surface area (TPSA) is 94.9 Å². The fourth-order valence-corrected chi connectivity index (χ4v) is 3.04. The number of thiazole rings is 1. The second kappa shape index (κ2) is 7.21. The Labute approximate surface area is 145 Å². The molecule has 0 aliphatic rings. The molecule has 24 heavy (non-hydrogen) atoms. The van der Waals surface area contributed by atoms with E-state index in [1.807, 2.05) is 13.8 Å². The lowest BCUT2D eigenvalue weighted by Gasteiger charge is -2.15. The fourth-order valence-electron chi connectivity index (χ4n) is 2.33. The fraction of sp³-hybridized carbons (Fsp3) is 0.562. The molecule has 0 radical (unpaired) electrons. The zero-order chi connectivity index (χ0) is 18.0. The molecule has 3 N–H and O–H groups in total. The second-order valence-electron chi connectivity index (χ2n) is 6.72. The molecule has 0 unspecified atom stereocenters. The van der Waals surface area contributed by atoms with Crippen molar-refractivity contribution in [2.45, 2.75) is 34.2 Å². The van der Waals surface area contributed by atoms with Gasteiger partial charge in [-0.3, -0.25) is 13.9 Å². The van der Waals surface area contributed by atoms with Crippen molar-refractivity contribution in [1.82, 2.24) is 14.1 Å². The lowest BCUT2D eigenvalue weighted by atomic mass is 10.2. The van der Waals surface area contributed by atoms with E-state index in [-0.39, 0.29) is 17.3 Å². The summed E-state index contributed by atoms with van der Waals surface area (Å²) in [5.41, 5.74) is 6.13. The van der Waals surface area contributed by atoms with Gasteiger partial charge in [0.15, 0.2) is 5.13 Å². The smallest absolute Gasteiger partial charge is 0.332 e. The van der Waals surface area contributed by atoms with Crippen LogP contribution in [0.3, 0.4) is 0 Å². The molecular formula is C16H25N5O2S. The van der Waals surface area contributed by atoms with Crippen LogP contribution in [-0.2, 0) is 13.6 Å². The minimum Gasteiger partial charge on any atom is -0.384 e. The first-order chi connectivity index (χ1) is 11.2. The molecule has 8 heteroatoms. The van der Waals surface area contributed by atoms with Gasteiger partial charge in [0.25, 0.3) is 5.56 Å². The number of aromatic nitrogens is 3. The molecule has 0 fully saturated rings. The Bertz CT molecular complexity index is 832. The van der Waals surface area contributed by atoms with Crippen LogP contribution >= 0.6 is 11.3 Å². The van der Waals surface area contributed by atoms with Crippen molar-refractivity contribution >= 4 is 22.3 Å². The average molecular weight is 351 g/mol. The third-order valence-electron chi connectivity index (χ3n) is 3.55. The molecule has 0 aromatic carbocycles. The molecule has 0 saturated carbocycles. The van der Waals surface area contributed by atoms with E-state index < -0.39 is 11.2 Å². The number of hydrogen-bond acceptors (Lipinski definition) is 6. The van der Waals surface area contributed by atoms with E-state index in [9.17, 15) is 9.59 Å². The number of nitrogens with zero attached hydrogens (tertiary/aromatic N) is 3. The number of rotatable bonds is 6. The van der Waals surface area contributed by atoms with E-state index in [0.29, 0.717) is 18.2 Å². The van der Waals surface area contributed by atoms with Crippen LogP contribution in [-0.4, -0.2) is 20.7 Å². The minimum atomic E-state index is -0.418. The van der Waals surface area contributed by atoms with Gasteiger partial charge in [-0.15, -0.1) is 11.3 Å². The van der Waals surface area contributed by atoms with E-state index in [0.717, 1.165) is 16.2 Å². The van der Waals surface area contributed by atoms with Crippen molar-refractivity contribution in [3.63, 3.8) is 0 Å². The Morgan fingerprint density at radius 2 is 1.92 bits per heavy atom. The third-order valence-corrected chi connectivity index (χ3v) is 4.35. The van der Waals surface area contributed by atoms with Crippen LogP contribution in [0.25, 0.3) is 11.3 Å². The molecule has 0 atom stereocenters. The number of nitrogen functional groups attached to an aromatic ring is 1. The quantitative estimate of drug-likeness (QED) is 0.830. The average Bonchev–Trinajstić information content (AvgIpc) is 2.96. The maximum Gasteiger partial charge on any atom is 0.332 e. The standard InChI is InChI=1S/C16H25N5O2S/c1-9(2)6-18-15-19-11(8-24-15)12-13(17)21(7-10(3)4)16(23)20(5)14(12)22/h8-10H,6-7,17H2,1-5H3,(H,18,19). The first kappa shape index (κ1) is 18.3. The summed E-state index contributed by atoms with van der Waals surface area (Å²) in [5.74, 6) is 0.898. The highest BCUT2D eigenvalue weighted by atomic mass is 32.1. The van der Waals surface area contributed by atoms with E-state index in [4.69, 9.17) is 5.73 Å². The molecule has 0 aliphatic carbocycles. The summed E-state index contributed by atoms with van der Waals surface area (Å²) in [5, 5.41) is 5.76. The van der Waals surface area contributed by atoms with Crippen LogP contribution in [0.5, 0.6) is 0 Å². The lowest BCUT2D eigenvalue weighted by molar-refractivity contribution is 0.494. The highest BCUT2D eigenvalue weighted by molar-refractivity contribution is 7.14. The van der Waals surface area contributed by atoms with E-state index >= 15 is 0 Å². The maximum atomic E-state index is 12.5. The highest BCUT2D eigenvalue weighted by Crippen LogP contribution is 2.26. The molecule has 0 aliphatic heterocycles. The first-order valence-electron chi connectivity index (χ1n) is 8.01. The number of anilines is 2. The Morgan fingerprint density at radius 1 is 1.25 bits per heavy atom. The molecule has 7 nitrogen and oxygen atoms in total. The van der Waals surface area contributed by atoms with Crippen LogP contribution in [0, 0.1) is 11.8 Å². The van der Waals surface area contributed by atoms with Crippen LogP contribution in [0.2, 0.25) is 0 Å². The van der Waals surface area contributed by atoms with Gasteiger partial charge in [-0.25, -0.2) is 9.78 Å². The summed E-state index contributed by atoms with van der Waals surface area (Å²) in [4.78, 5) is 29.3. The molecular weight excluding hydrogens is 326 g/mol. The molecule has 132 valence electrons. The van der Waals surface area contributed by atoms with Crippen LogP contribution in [0.4, 0.5) is 10.9 Å². The Hall–Kier alpha value is -2.09. The SMILES string of the molecule is CC(C)CNc1nc(-c2c(N)n(CC(C)C)c(=O)n(C)c2=O)cs1. The van der Waals surface area contributed by atoms with Gasteiger partial charge in [-0.2, -0.15) is 0 Å². The molecule has 2 heterocycles. The van der Waals surface area contributed by atoms with Crippen molar-refractivity contribution in [2.75, 3.05) is 17.6 Å². The van der Waals surface area contributed by atoms with Crippen molar-refractivity contribution in [1.29, 1.82) is 0 Å². The molecule has 2 aromatic rings. The number of nitrogens with two attached hydrogens (primary N) is 1. The predicted octanol–water partition coefficient (Wildman–Crippen LogP) is 1.98. The van der Waals surface area contributed by atoms with Crippen molar-refractivity contribution in [3.8, 4) is 11.3 Å². The largest absolute Gasteiger partial charge is 0.384 e. The summed E-state index contributed by atoms with van der Waals surface area (Å²) < 4.78 is 2.54. The van der Waals surface area contributed by atoms with Crippen LogP contribution in [0.15, 0.2) is 15.0 Å². The Balaban J connectivity index is 2.52. The summed E-state index contributed by atoms with van der Waals surface area (Å²) in [6.07, 6.45) is 0. The summed E-state index contributed by atoms with van der Waals surface area (Å²) >= 11 is 1.42. The van der Waals surface area contributed by atoms with Gasteiger partial charge in [-0.05, 0) is 11.8 Å². The Kier molecular flexibility index (Phi) is 5.48. The molecule has 0 bridgehead atoms. The van der Waals surface area contributed by atoms with E-state index in [2.05, 4.69) is 24.1 Å². The van der Waals surface area contributed by atoms with Gasteiger partial charge >= 0.3 is 5.69 Å². The van der Waals surface area contributed by atoms with Gasteiger partial charge < -0.3 is 11.1 Å². The van der Waals surface area contributed by atoms with Crippen molar-refractivity contribution in [2.24, 2.45) is 18.9 Å². The van der Waals surface area contributed by atoms with Gasteiger partial charge in [-0.1, -0.05) is 27.7 Å². The molecule has 2 aromatic heterocycles. The van der Waals surface area contributed by atoms with Gasteiger partial charge in [0, 0.05) is 25.5 Å². The van der Waals surface area contributed by atoms with E-state index in [1.165, 1.54) is 23.0 Å². The molecule has 2 rings (SSSR count). The maximum absolute atomic E-state index is 12.5. The zero-order valence-corrected chi connectivity index (χ0v) is 15.6. The predicted molar refractivity (Wildman–Crippen MR) is 99.6 cm³/mol. The van der Waals surface area contributed by atoms with Crippen LogP contribution in [0.1, 0.15) is 27.7 Å². The normalized spacial score (nSPS) is 11.5. The second-order valence-corrected chi connectivity index (χ2v) is 7.58. The summed E-state index contributed by atoms with van der Waals surface area (Å²) in [6.45, 7) is 9.46. The number of nitrogens with one attached hydrogen (secondary N) is 1. The molecule has 0 amide bonds. The van der Waals surface area contributed by atoms with Crippen molar-refractivity contribution < 1.29 is 0 Å². The third kappa shape index (κ3) is 3.69. The number of hydrogen-bond donors (Lipinski definition) is 2. The molecule has 0 saturated heterocycles. The van der Waals surface area contributed by atoms with Gasteiger partial charge in [0.05, 0.1) is 5.69 Å². The van der Waals surface area contributed by atoms with Crippen molar-refractivity contribution in [3.05, 3.63) is 26.2 Å². The zero-order valence-electron chi connectivity index (χ0n) is 14.8. The van der Waals surface area contributed by atoms with Crippen LogP contribution < -0.4 is 22.3 Å². The minimum absolute atomic E-state index is 0.178. The summed E-state index contributed by atoms with van der Waals surface area (Å²) in [7, 11) is 1.47.